The van der Waals surface area contributed by atoms with Crippen molar-refractivity contribution in [2.45, 2.75) is 40.5 Å². The molecule has 0 amide bonds. The van der Waals surface area contributed by atoms with Crippen molar-refractivity contribution in [2.75, 3.05) is 6.61 Å². The van der Waals surface area contributed by atoms with Gasteiger partial charge in [0.1, 0.15) is 5.76 Å². The standard InChI is InChI=1S/C12H20O2/c1-9(2)8-14-11-5-10(13)6-12(3,4)7-11/h5,9H,6-8H2,1-4H3. The Morgan fingerprint density at radius 3 is 2.57 bits per heavy atom. The van der Waals surface area contributed by atoms with E-state index in [2.05, 4.69) is 27.7 Å². The lowest BCUT2D eigenvalue weighted by molar-refractivity contribution is -0.117. The average molecular weight is 196 g/mol. The fourth-order valence-corrected chi connectivity index (χ4v) is 1.65. The summed E-state index contributed by atoms with van der Waals surface area (Å²) >= 11 is 0. The maximum absolute atomic E-state index is 11.4. The summed E-state index contributed by atoms with van der Waals surface area (Å²) in [6, 6.07) is 0. The molecule has 1 aliphatic carbocycles. The predicted molar refractivity (Wildman–Crippen MR) is 56.9 cm³/mol. The second-order valence-corrected chi connectivity index (χ2v) is 5.30. The zero-order valence-corrected chi connectivity index (χ0v) is 9.59. The highest BCUT2D eigenvalue weighted by atomic mass is 16.5. The molecule has 0 atom stereocenters. The van der Waals surface area contributed by atoms with Crippen LogP contribution in [0.15, 0.2) is 11.8 Å². The highest BCUT2D eigenvalue weighted by Gasteiger charge is 2.28. The van der Waals surface area contributed by atoms with Crippen LogP contribution in [0.2, 0.25) is 0 Å². The molecule has 0 saturated carbocycles. The van der Waals surface area contributed by atoms with E-state index in [1.54, 1.807) is 6.08 Å². The third kappa shape index (κ3) is 3.52. The molecule has 0 unspecified atom stereocenters. The van der Waals surface area contributed by atoms with E-state index in [1.807, 2.05) is 0 Å². The number of hydrogen-bond acceptors (Lipinski definition) is 2. The molecule has 14 heavy (non-hydrogen) atoms. The molecule has 0 aromatic heterocycles. The lowest BCUT2D eigenvalue weighted by atomic mass is 9.79. The van der Waals surface area contributed by atoms with Crippen molar-refractivity contribution in [3.05, 3.63) is 11.8 Å². The minimum absolute atomic E-state index is 0.0676. The van der Waals surface area contributed by atoms with Crippen molar-refractivity contribution in [1.82, 2.24) is 0 Å². The van der Waals surface area contributed by atoms with Gasteiger partial charge in [-0.3, -0.25) is 4.79 Å². The highest BCUT2D eigenvalue weighted by Crippen LogP contribution is 2.33. The van der Waals surface area contributed by atoms with Gasteiger partial charge in [0.25, 0.3) is 0 Å². The summed E-state index contributed by atoms with van der Waals surface area (Å²) in [5, 5.41) is 0. The lowest BCUT2D eigenvalue weighted by Crippen LogP contribution is -2.23. The van der Waals surface area contributed by atoms with Crippen LogP contribution in [0.3, 0.4) is 0 Å². The second-order valence-electron chi connectivity index (χ2n) is 5.30. The fraction of sp³-hybridized carbons (Fsp3) is 0.750. The Morgan fingerprint density at radius 1 is 1.43 bits per heavy atom. The fourth-order valence-electron chi connectivity index (χ4n) is 1.65. The molecule has 1 rings (SSSR count). The predicted octanol–water partition coefficient (Wildman–Crippen LogP) is 2.93. The summed E-state index contributed by atoms with van der Waals surface area (Å²) in [6.07, 6.45) is 3.18. The number of allylic oxidation sites excluding steroid dienone is 2. The van der Waals surface area contributed by atoms with E-state index in [0.29, 0.717) is 18.9 Å². The second kappa shape index (κ2) is 4.16. The maximum Gasteiger partial charge on any atom is 0.159 e. The Morgan fingerprint density at radius 2 is 2.07 bits per heavy atom. The van der Waals surface area contributed by atoms with Gasteiger partial charge in [0, 0.05) is 18.9 Å². The van der Waals surface area contributed by atoms with Gasteiger partial charge in [-0.25, -0.2) is 0 Å². The molecule has 0 fully saturated rings. The van der Waals surface area contributed by atoms with Crippen molar-refractivity contribution in [3.63, 3.8) is 0 Å². The summed E-state index contributed by atoms with van der Waals surface area (Å²) in [5.74, 6) is 1.57. The zero-order chi connectivity index (χ0) is 10.8. The van der Waals surface area contributed by atoms with Crippen molar-refractivity contribution >= 4 is 5.78 Å². The first-order valence-electron chi connectivity index (χ1n) is 5.25. The number of rotatable bonds is 3. The van der Waals surface area contributed by atoms with Gasteiger partial charge in [-0.1, -0.05) is 27.7 Å². The van der Waals surface area contributed by atoms with Gasteiger partial charge in [-0.2, -0.15) is 0 Å². The van der Waals surface area contributed by atoms with Crippen LogP contribution < -0.4 is 0 Å². The van der Waals surface area contributed by atoms with E-state index < -0.39 is 0 Å². The van der Waals surface area contributed by atoms with Crippen molar-refractivity contribution < 1.29 is 9.53 Å². The van der Waals surface area contributed by atoms with Gasteiger partial charge in [0.05, 0.1) is 6.61 Å². The third-order valence-electron chi connectivity index (χ3n) is 2.23. The quantitative estimate of drug-likeness (QED) is 0.693. The molecule has 0 radical (unpaired) electrons. The Kier molecular flexibility index (Phi) is 3.35. The Balaban J connectivity index is 2.56. The van der Waals surface area contributed by atoms with Crippen LogP contribution in [0.5, 0.6) is 0 Å². The minimum Gasteiger partial charge on any atom is -0.498 e. The van der Waals surface area contributed by atoms with Gasteiger partial charge >= 0.3 is 0 Å². The van der Waals surface area contributed by atoms with Crippen LogP contribution in [0, 0.1) is 11.3 Å². The minimum atomic E-state index is 0.0676. The molecule has 2 nitrogen and oxygen atoms in total. The number of ether oxygens (including phenoxy) is 1. The zero-order valence-electron chi connectivity index (χ0n) is 9.59. The topological polar surface area (TPSA) is 26.3 Å². The molecular formula is C12H20O2. The molecule has 0 saturated heterocycles. The molecular weight excluding hydrogens is 176 g/mol. The first kappa shape index (κ1) is 11.3. The van der Waals surface area contributed by atoms with Gasteiger partial charge in [-0.05, 0) is 11.3 Å². The summed E-state index contributed by atoms with van der Waals surface area (Å²) in [4.78, 5) is 11.4. The molecule has 0 aliphatic heterocycles. The van der Waals surface area contributed by atoms with Crippen LogP contribution in [0.1, 0.15) is 40.5 Å². The molecule has 2 heteroatoms. The first-order chi connectivity index (χ1) is 6.39. The lowest BCUT2D eigenvalue weighted by Gasteiger charge is -2.28. The highest BCUT2D eigenvalue weighted by molar-refractivity contribution is 5.91. The van der Waals surface area contributed by atoms with E-state index in [9.17, 15) is 4.79 Å². The average Bonchev–Trinajstić information content (AvgIpc) is 1.96. The van der Waals surface area contributed by atoms with E-state index in [0.717, 1.165) is 12.2 Å². The molecule has 80 valence electrons. The molecule has 1 aliphatic rings. The van der Waals surface area contributed by atoms with Crippen LogP contribution in [0.25, 0.3) is 0 Å². The summed E-state index contributed by atoms with van der Waals surface area (Å²) in [7, 11) is 0. The Hall–Kier alpha value is -0.790. The van der Waals surface area contributed by atoms with E-state index in [4.69, 9.17) is 4.74 Å². The molecule has 0 spiro atoms. The van der Waals surface area contributed by atoms with Crippen molar-refractivity contribution in [3.8, 4) is 0 Å². The van der Waals surface area contributed by atoms with Crippen molar-refractivity contribution in [1.29, 1.82) is 0 Å². The third-order valence-corrected chi connectivity index (χ3v) is 2.23. The molecule has 0 N–H and O–H groups in total. The van der Waals surface area contributed by atoms with E-state index in [-0.39, 0.29) is 11.2 Å². The normalized spacial score (nSPS) is 20.9. The van der Waals surface area contributed by atoms with Crippen molar-refractivity contribution in [2.24, 2.45) is 11.3 Å². The van der Waals surface area contributed by atoms with Crippen LogP contribution in [-0.2, 0) is 9.53 Å². The molecule has 0 aromatic carbocycles. The summed E-state index contributed by atoms with van der Waals surface area (Å²) < 4.78 is 5.59. The number of ketones is 1. The van der Waals surface area contributed by atoms with Gasteiger partial charge in [0.2, 0.25) is 0 Å². The smallest absolute Gasteiger partial charge is 0.159 e. The van der Waals surface area contributed by atoms with Crippen LogP contribution >= 0.6 is 0 Å². The first-order valence-corrected chi connectivity index (χ1v) is 5.25. The number of carbonyl (C=O) groups excluding carboxylic acids is 1. The van der Waals surface area contributed by atoms with Crippen LogP contribution in [0.4, 0.5) is 0 Å². The SMILES string of the molecule is CC(C)COC1=CC(=O)CC(C)(C)C1. The summed E-state index contributed by atoms with van der Waals surface area (Å²) in [5.41, 5.74) is 0.0676. The maximum atomic E-state index is 11.4. The molecule has 0 aromatic rings. The molecule has 0 bridgehead atoms. The van der Waals surface area contributed by atoms with Crippen LogP contribution in [-0.4, -0.2) is 12.4 Å². The van der Waals surface area contributed by atoms with Gasteiger partial charge in [-0.15, -0.1) is 0 Å². The monoisotopic (exact) mass is 196 g/mol. The van der Waals surface area contributed by atoms with Gasteiger partial charge < -0.3 is 4.74 Å². The largest absolute Gasteiger partial charge is 0.498 e. The van der Waals surface area contributed by atoms with Gasteiger partial charge in [0.15, 0.2) is 5.78 Å². The Labute approximate surface area is 86.3 Å². The number of hydrogen-bond donors (Lipinski definition) is 0. The van der Waals surface area contributed by atoms with E-state index >= 15 is 0 Å². The Bertz CT molecular complexity index is 249. The van der Waals surface area contributed by atoms with E-state index in [1.165, 1.54) is 0 Å². The summed E-state index contributed by atoms with van der Waals surface area (Å²) in [6.45, 7) is 9.13. The number of carbonyl (C=O) groups is 1. The molecule has 0 heterocycles.